The monoisotopic (exact) mass is 161 g/mol. The molecule has 1 rings (SSSR count). The fourth-order valence-electron chi connectivity index (χ4n) is 1.07. The van der Waals surface area contributed by atoms with Gasteiger partial charge in [0.2, 0.25) is 0 Å². The maximum absolute atomic E-state index is 8.85. The molecule has 1 aromatic rings. The molecule has 62 valence electrons. The van der Waals surface area contributed by atoms with Crippen LogP contribution in [0.4, 0.5) is 0 Å². The lowest BCUT2D eigenvalue weighted by molar-refractivity contribution is 0.646. The molecule has 0 unspecified atom stereocenters. The van der Waals surface area contributed by atoms with E-state index >= 15 is 0 Å². The lowest BCUT2D eigenvalue weighted by Gasteiger charge is -2.15. The second-order valence-electron chi connectivity index (χ2n) is 3.23. The van der Waals surface area contributed by atoms with E-state index in [2.05, 4.69) is 16.0 Å². The molecule has 0 spiro atoms. The van der Waals surface area contributed by atoms with E-state index < -0.39 is 5.41 Å². The zero-order valence-electron chi connectivity index (χ0n) is 7.50. The van der Waals surface area contributed by atoms with E-state index in [1.807, 2.05) is 20.8 Å². The molecule has 1 heterocycles. The van der Waals surface area contributed by atoms with Crippen molar-refractivity contribution in [3.8, 4) is 6.07 Å². The molecule has 3 nitrogen and oxygen atoms in total. The Labute approximate surface area is 72.1 Å². The van der Waals surface area contributed by atoms with E-state index in [0.29, 0.717) is 0 Å². The highest BCUT2D eigenvalue weighted by molar-refractivity contribution is 5.25. The van der Waals surface area contributed by atoms with Crippen molar-refractivity contribution in [3.63, 3.8) is 0 Å². The van der Waals surface area contributed by atoms with E-state index in [4.69, 9.17) is 5.26 Å². The highest BCUT2D eigenvalue weighted by Crippen LogP contribution is 2.21. The second kappa shape index (κ2) is 2.90. The van der Waals surface area contributed by atoms with E-state index in [9.17, 15) is 0 Å². The van der Waals surface area contributed by atoms with Crippen LogP contribution in [0, 0.1) is 18.3 Å². The Kier molecular flexibility index (Phi) is 2.09. The van der Waals surface area contributed by atoms with Crippen molar-refractivity contribution in [2.45, 2.75) is 26.2 Å². The number of aryl methyl sites for hydroxylation is 1. The third-order valence-electron chi connectivity index (χ3n) is 1.75. The molecular formula is C9H11N3. The van der Waals surface area contributed by atoms with Gasteiger partial charge in [-0.1, -0.05) is 0 Å². The van der Waals surface area contributed by atoms with Crippen LogP contribution in [-0.2, 0) is 5.41 Å². The third kappa shape index (κ3) is 1.42. The molecule has 0 saturated heterocycles. The van der Waals surface area contributed by atoms with E-state index in [0.717, 1.165) is 11.4 Å². The van der Waals surface area contributed by atoms with Crippen LogP contribution in [0.5, 0.6) is 0 Å². The van der Waals surface area contributed by atoms with Crippen LogP contribution >= 0.6 is 0 Å². The van der Waals surface area contributed by atoms with Crippen molar-refractivity contribution < 1.29 is 0 Å². The van der Waals surface area contributed by atoms with Crippen molar-refractivity contribution in [3.05, 3.63) is 23.8 Å². The number of nitriles is 1. The minimum Gasteiger partial charge on any atom is -0.258 e. The topological polar surface area (TPSA) is 49.6 Å². The number of nitrogens with zero attached hydrogens (tertiary/aromatic N) is 3. The van der Waals surface area contributed by atoms with Gasteiger partial charge in [0.05, 0.1) is 22.9 Å². The van der Waals surface area contributed by atoms with Crippen LogP contribution in [0.15, 0.2) is 12.4 Å². The highest BCUT2D eigenvalue weighted by atomic mass is 14.8. The first-order valence-electron chi connectivity index (χ1n) is 3.77. The average molecular weight is 161 g/mol. The minimum absolute atomic E-state index is 0.543. The average Bonchev–Trinajstić information content (AvgIpc) is 2.05. The summed E-state index contributed by atoms with van der Waals surface area (Å²) in [6.45, 7) is 5.54. The summed E-state index contributed by atoms with van der Waals surface area (Å²) in [4.78, 5) is 8.22. The first kappa shape index (κ1) is 8.66. The quantitative estimate of drug-likeness (QED) is 0.628. The molecule has 0 amide bonds. The molecule has 0 fully saturated rings. The predicted molar refractivity (Wildman–Crippen MR) is 45.4 cm³/mol. The summed E-state index contributed by atoms with van der Waals surface area (Å²) in [6, 6.07) is 2.20. The van der Waals surface area contributed by atoms with Crippen molar-refractivity contribution in [1.29, 1.82) is 5.26 Å². The molecule has 0 saturated carbocycles. The van der Waals surface area contributed by atoms with Crippen molar-refractivity contribution in [2.24, 2.45) is 0 Å². The van der Waals surface area contributed by atoms with Crippen LogP contribution in [0.3, 0.4) is 0 Å². The van der Waals surface area contributed by atoms with Crippen LogP contribution in [-0.4, -0.2) is 9.97 Å². The van der Waals surface area contributed by atoms with Gasteiger partial charge in [0.15, 0.2) is 0 Å². The molecule has 1 aromatic heterocycles. The highest BCUT2D eigenvalue weighted by Gasteiger charge is 2.23. The number of hydrogen-bond acceptors (Lipinski definition) is 3. The van der Waals surface area contributed by atoms with Crippen molar-refractivity contribution in [2.75, 3.05) is 0 Å². The molecule has 0 atom stereocenters. The summed E-state index contributed by atoms with van der Waals surface area (Å²) >= 11 is 0. The molecule has 0 radical (unpaired) electrons. The maximum atomic E-state index is 8.85. The second-order valence-corrected chi connectivity index (χ2v) is 3.23. The molecule has 0 aliphatic heterocycles. The fraction of sp³-hybridized carbons (Fsp3) is 0.444. The zero-order valence-corrected chi connectivity index (χ0v) is 7.50. The molecule has 0 N–H and O–H groups in total. The van der Waals surface area contributed by atoms with E-state index in [1.165, 1.54) is 0 Å². The van der Waals surface area contributed by atoms with Gasteiger partial charge in [-0.2, -0.15) is 5.26 Å². The van der Waals surface area contributed by atoms with Gasteiger partial charge in [-0.15, -0.1) is 0 Å². The minimum atomic E-state index is -0.543. The summed E-state index contributed by atoms with van der Waals surface area (Å²) in [5.74, 6) is 0. The Balaban J connectivity index is 3.22. The molecule has 0 aliphatic rings. The van der Waals surface area contributed by atoms with Gasteiger partial charge in [0.25, 0.3) is 0 Å². The van der Waals surface area contributed by atoms with Gasteiger partial charge in [-0.3, -0.25) is 9.97 Å². The van der Waals surface area contributed by atoms with Crippen LogP contribution < -0.4 is 0 Å². The Morgan fingerprint density at radius 2 is 1.92 bits per heavy atom. The van der Waals surface area contributed by atoms with Crippen LogP contribution in [0.2, 0.25) is 0 Å². The summed E-state index contributed by atoms with van der Waals surface area (Å²) < 4.78 is 0. The first-order chi connectivity index (χ1) is 5.58. The van der Waals surface area contributed by atoms with Gasteiger partial charge in [0.1, 0.15) is 0 Å². The summed E-state index contributed by atoms with van der Waals surface area (Å²) in [6.07, 6.45) is 3.24. The molecule has 12 heavy (non-hydrogen) atoms. The summed E-state index contributed by atoms with van der Waals surface area (Å²) in [5.41, 5.74) is 1.04. The number of hydrogen-bond donors (Lipinski definition) is 0. The lowest BCUT2D eigenvalue weighted by atomic mass is 9.90. The van der Waals surface area contributed by atoms with Gasteiger partial charge in [-0.05, 0) is 20.8 Å². The molecular weight excluding hydrogens is 150 g/mol. The molecule has 0 aliphatic carbocycles. The standard InChI is InChI=1S/C9H11N3/c1-7-8(9(2,3)6-10)12-5-4-11-7/h4-5H,1-3H3. The summed E-state index contributed by atoms with van der Waals surface area (Å²) in [7, 11) is 0. The Morgan fingerprint density at radius 3 is 2.42 bits per heavy atom. The number of rotatable bonds is 1. The normalized spacial score (nSPS) is 10.8. The predicted octanol–water partition coefficient (Wildman–Crippen LogP) is 1.59. The Hall–Kier alpha value is -1.43. The number of aromatic nitrogens is 2. The largest absolute Gasteiger partial charge is 0.258 e. The summed E-state index contributed by atoms with van der Waals surface area (Å²) in [5, 5.41) is 8.85. The van der Waals surface area contributed by atoms with Gasteiger partial charge < -0.3 is 0 Å². The SMILES string of the molecule is Cc1nccnc1C(C)(C)C#N. The Morgan fingerprint density at radius 1 is 1.33 bits per heavy atom. The third-order valence-corrected chi connectivity index (χ3v) is 1.75. The zero-order chi connectivity index (χ0) is 9.19. The van der Waals surface area contributed by atoms with Crippen molar-refractivity contribution in [1.82, 2.24) is 9.97 Å². The molecule has 0 aromatic carbocycles. The molecule has 0 bridgehead atoms. The van der Waals surface area contributed by atoms with Crippen LogP contribution in [0.1, 0.15) is 25.2 Å². The van der Waals surface area contributed by atoms with Gasteiger partial charge in [0, 0.05) is 12.4 Å². The molecule has 3 heteroatoms. The van der Waals surface area contributed by atoms with E-state index in [1.54, 1.807) is 12.4 Å². The maximum Gasteiger partial charge on any atom is 0.0955 e. The fourth-order valence-corrected chi connectivity index (χ4v) is 1.07. The lowest BCUT2D eigenvalue weighted by Crippen LogP contribution is -2.18. The first-order valence-corrected chi connectivity index (χ1v) is 3.77. The smallest absolute Gasteiger partial charge is 0.0955 e. The van der Waals surface area contributed by atoms with Gasteiger partial charge >= 0.3 is 0 Å². The Bertz CT molecular complexity index is 323. The van der Waals surface area contributed by atoms with E-state index in [-0.39, 0.29) is 0 Å². The van der Waals surface area contributed by atoms with Crippen LogP contribution in [0.25, 0.3) is 0 Å². The van der Waals surface area contributed by atoms with Gasteiger partial charge in [-0.25, -0.2) is 0 Å². The van der Waals surface area contributed by atoms with Crippen molar-refractivity contribution >= 4 is 0 Å².